The van der Waals surface area contributed by atoms with Crippen LogP contribution in [0.1, 0.15) is 19.3 Å². The first-order chi connectivity index (χ1) is 8.16. The summed E-state index contributed by atoms with van der Waals surface area (Å²) < 4.78 is 6.92. The van der Waals surface area contributed by atoms with Gasteiger partial charge in [-0.05, 0) is 60.1 Å². The van der Waals surface area contributed by atoms with Gasteiger partial charge in [-0.1, -0.05) is 0 Å². The van der Waals surface area contributed by atoms with Gasteiger partial charge in [0.25, 0.3) is 0 Å². The summed E-state index contributed by atoms with van der Waals surface area (Å²) in [5.74, 6) is 0. The van der Waals surface area contributed by atoms with Crippen molar-refractivity contribution in [1.29, 1.82) is 0 Å². The van der Waals surface area contributed by atoms with E-state index >= 15 is 0 Å². The third-order valence-corrected chi connectivity index (χ3v) is 3.82. The second-order valence-corrected chi connectivity index (χ2v) is 5.82. The molecule has 1 aliphatic rings. The number of nitrogen functional groups attached to an aromatic ring is 1. The van der Waals surface area contributed by atoms with E-state index in [9.17, 15) is 0 Å². The number of likely N-dealkylation sites (N-methyl/N-ethyl adjacent to an activating group) is 1. The molecule has 2 rings (SSSR count). The minimum absolute atomic E-state index is 0.354. The highest BCUT2D eigenvalue weighted by Crippen LogP contribution is 2.25. The zero-order valence-electron chi connectivity index (χ0n) is 10.2. The van der Waals surface area contributed by atoms with Crippen LogP contribution in [0.25, 0.3) is 0 Å². The van der Waals surface area contributed by atoms with Crippen LogP contribution in [0.15, 0.2) is 18.2 Å². The lowest BCUT2D eigenvalue weighted by atomic mass is 10.1. The Morgan fingerprint density at radius 1 is 1.47 bits per heavy atom. The number of hydrogen-bond acceptors (Lipinski definition) is 3. The second-order valence-electron chi connectivity index (χ2n) is 4.57. The molecule has 4 heteroatoms. The Morgan fingerprint density at radius 3 is 2.94 bits per heavy atom. The van der Waals surface area contributed by atoms with Crippen molar-refractivity contribution in [3.8, 4) is 0 Å². The molecule has 0 bridgehead atoms. The summed E-state index contributed by atoms with van der Waals surface area (Å²) in [5, 5.41) is 0. The predicted octanol–water partition coefficient (Wildman–Crippen LogP) is 2.88. The number of ether oxygens (including phenoxy) is 1. The summed E-state index contributed by atoms with van der Waals surface area (Å²) in [6, 6.07) is 6.18. The fraction of sp³-hybridized carbons (Fsp3) is 0.538. The zero-order valence-corrected chi connectivity index (χ0v) is 12.3. The van der Waals surface area contributed by atoms with E-state index in [1.165, 1.54) is 16.4 Å². The molecule has 0 radical (unpaired) electrons. The van der Waals surface area contributed by atoms with Gasteiger partial charge in [-0.15, -0.1) is 0 Å². The van der Waals surface area contributed by atoms with Gasteiger partial charge in [0.15, 0.2) is 0 Å². The number of halogens is 1. The van der Waals surface area contributed by atoms with Gasteiger partial charge < -0.3 is 15.4 Å². The molecule has 0 spiro atoms. The predicted molar refractivity (Wildman–Crippen MR) is 80.4 cm³/mol. The Morgan fingerprint density at radius 2 is 2.29 bits per heavy atom. The number of nitrogens with zero attached hydrogens (tertiary/aromatic N) is 1. The van der Waals surface area contributed by atoms with Crippen LogP contribution >= 0.6 is 22.6 Å². The van der Waals surface area contributed by atoms with E-state index in [0.29, 0.717) is 6.10 Å². The SMILES string of the molecule is CN(CC1CCCCO1)c1ccc(I)cc1N. The molecule has 1 fully saturated rings. The average Bonchev–Trinajstić information content (AvgIpc) is 2.30. The highest BCUT2D eigenvalue weighted by Gasteiger charge is 2.17. The molecule has 0 aliphatic carbocycles. The monoisotopic (exact) mass is 346 g/mol. The van der Waals surface area contributed by atoms with E-state index < -0.39 is 0 Å². The molecule has 1 saturated heterocycles. The van der Waals surface area contributed by atoms with Crippen molar-refractivity contribution in [1.82, 2.24) is 0 Å². The molecule has 1 heterocycles. The minimum atomic E-state index is 0.354. The average molecular weight is 346 g/mol. The lowest BCUT2D eigenvalue weighted by molar-refractivity contribution is 0.0216. The smallest absolute Gasteiger partial charge is 0.0749 e. The van der Waals surface area contributed by atoms with Gasteiger partial charge in [0.1, 0.15) is 0 Å². The van der Waals surface area contributed by atoms with Gasteiger partial charge >= 0.3 is 0 Å². The lowest BCUT2D eigenvalue weighted by Gasteiger charge is -2.29. The van der Waals surface area contributed by atoms with Crippen molar-refractivity contribution in [2.45, 2.75) is 25.4 Å². The highest BCUT2D eigenvalue weighted by molar-refractivity contribution is 14.1. The molecule has 2 N–H and O–H groups in total. The summed E-state index contributed by atoms with van der Waals surface area (Å²) in [5.41, 5.74) is 7.98. The maximum absolute atomic E-state index is 6.04. The summed E-state index contributed by atoms with van der Waals surface area (Å²) in [6.45, 7) is 1.82. The van der Waals surface area contributed by atoms with Crippen LogP contribution in [0.5, 0.6) is 0 Å². The van der Waals surface area contributed by atoms with Gasteiger partial charge in [0.05, 0.1) is 17.5 Å². The fourth-order valence-corrected chi connectivity index (χ4v) is 2.74. The number of anilines is 2. The second kappa shape index (κ2) is 5.91. The highest BCUT2D eigenvalue weighted by atomic mass is 127. The standard InChI is InChI=1S/C13H19IN2O/c1-16(9-11-4-2-3-7-17-11)13-6-5-10(14)8-12(13)15/h5-6,8,11H,2-4,7,9,15H2,1H3. The maximum Gasteiger partial charge on any atom is 0.0749 e. The van der Waals surface area contributed by atoms with E-state index in [-0.39, 0.29) is 0 Å². The van der Waals surface area contributed by atoms with Crippen molar-refractivity contribution >= 4 is 34.0 Å². The molecule has 94 valence electrons. The Bertz CT molecular complexity index is 378. The molecule has 1 aromatic rings. The van der Waals surface area contributed by atoms with Gasteiger partial charge in [0, 0.05) is 23.8 Å². The summed E-state index contributed by atoms with van der Waals surface area (Å²) in [4.78, 5) is 2.20. The van der Waals surface area contributed by atoms with Crippen LogP contribution in [0.4, 0.5) is 11.4 Å². The van der Waals surface area contributed by atoms with Gasteiger partial charge in [0.2, 0.25) is 0 Å². The lowest BCUT2D eigenvalue weighted by Crippen LogP contribution is -2.33. The van der Waals surface area contributed by atoms with E-state index in [4.69, 9.17) is 10.5 Å². The van der Waals surface area contributed by atoms with Crippen molar-refractivity contribution in [3.63, 3.8) is 0 Å². The van der Waals surface area contributed by atoms with Crippen molar-refractivity contribution in [2.75, 3.05) is 30.8 Å². The topological polar surface area (TPSA) is 38.5 Å². The van der Waals surface area contributed by atoms with Crippen LogP contribution in [0.3, 0.4) is 0 Å². The molecule has 3 nitrogen and oxygen atoms in total. The van der Waals surface area contributed by atoms with Crippen LogP contribution in [-0.4, -0.2) is 26.3 Å². The molecule has 1 aromatic carbocycles. The normalized spacial score (nSPS) is 20.2. The molecular formula is C13H19IN2O. The van der Waals surface area contributed by atoms with E-state index in [1.54, 1.807) is 0 Å². The van der Waals surface area contributed by atoms with Crippen molar-refractivity contribution in [3.05, 3.63) is 21.8 Å². The number of benzene rings is 1. The van der Waals surface area contributed by atoms with Crippen molar-refractivity contribution < 1.29 is 4.74 Å². The molecule has 1 unspecified atom stereocenters. The van der Waals surface area contributed by atoms with Gasteiger partial charge in [-0.25, -0.2) is 0 Å². The van der Waals surface area contributed by atoms with E-state index in [2.05, 4.69) is 46.7 Å². The largest absolute Gasteiger partial charge is 0.397 e. The molecule has 17 heavy (non-hydrogen) atoms. The Labute approximate surface area is 116 Å². The number of hydrogen-bond donors (Lipinski definition) is 1. The van der Waals surface area contributed by atoms with Crippen LogP contribution in [0, 0.1) is 3.57 Å². The van der Waals surface area contributed by atoms with E-state index in [1.807, 2.05) is 6.07 Å². The first-order valence-corrected chi connectivity index (χ1v) is 7.12. The van der Waals surface area contributed by atoms with E-state index in [0.717, 1.165) is 30.9 Å². The Kier molecular flexibility index (Phi) is 4.50. The molecule has 1 atom stereocenters. The van der Waals surface area contributed by atoms with Crippen molar-refractivity contribution in [2.24, 2.45) is 0 Å². The summed E-state index contributed by atoms with van der Waals surface area (Å²) >= 11 is 2.28. The molecule has 0 aromatic heterocycles. The van der Waals surface area contributed by atoms with Crippen LogP contribution < -0.4 is 10.6 Å². The Hall–Kier alpha value is -0.490. The van der Waals surface area contributed by atoms with Crippen LogP contribution in [0.2, 0.25) is 0 Å². The zero-order chi connectivity index (χ0) is 12.3. The molecular weight excluding hydrogens is 327 g/mol. The molecule has 0 saturated carbocycles. The van der Waals surface area contributed by atoms with Crippen LogP contribution in [-0.2, 0) is 4.74 Å². The molecule has 1 aliphatic heterocycles. The Balaban J connectivity index is 2.00. The first kappa shape index (κ1) is 13.0. The maximum atomic E-state index is 6.04. The quantitative estimate of drug-likeness (QED) is 0.676. The summed E-state index contributed by atoms with van der Waals surface area (Å²) in [7, 11) is 2.08. The number of rotatable bonds is 3. The summed E-state index contributed by atoms with van der Waals surface area (Å²) in [6.07, 6.45) is 3.99. The minimum Gasteiger partial charge on any atom is -0.397 e. The fourth-order valence-electron chi connectivity index (χ4n) is 2.23. The number of nitrogens with two attached hydrogens (primary N) is 1. The first-order valence-electron chi connectivity index (χ1n) is 6.04. The van der Waals surface area contributed by atoms with Gasteiger partial charge in [-0.3, -0.25) is 0 Å². The third kappa shape index (κ3) is 3.48. The molecule has 0 amide bonds. The van der Waals surface area contributed by atoms with Gasteiger partial charge in [-0.2, -0.15) is 0 Å². The third-order valence-electron chi connectivity index (χ3n) is 3.15.